The number of rotatable bonds is 9. The fraction of sp³-hybridized carbons (Fsp3) is 0.278. The summed E-state index contributed by atoms with van der Waals surface area (Å²) in [6.07, 6.45) is 0.798. The molecule has 1 unspecified atom stereocenters. The minimum Gasteiger partial charge on any atom is -0.462 e. The molecule has 1 N–H and O–H groups in total. The van der Waals surface area contributed by atoms with Gasteiger partial charge in [-0.1, -0.05) is 44.2 Å². The summed E-state index contributed by atoms with van der Waals surface area (Å²) in [7, 11) is 0. The van der Waals surface area contributed by atoms with Gasteiger partial charge in [-0.25, -0.2) is 9.59 Å². The zero-order valence-electron chi connectivity index (χ0n) is 25.0. The fourth-order valence-corrected chi connectivity index (χ4v) is 5.92. The minimum absolute atomic E-state index is 0.365. The van der Waals surface area contributed by atoms with Gasteiger partial charge in [0.1, 0.15) is 11.5 Å². The standard InChI is InChI=1S/C36H36N2O5/c1-5-38(6-2)25-16-17-29-33(22-25)42-32-18-15-24(21-30(32)36(29)28-13-9-7-11-26(28)35(40)43-36)37-31-14-10-8-12-27(31)34(39)41-20-19-23(3)4/h7-18,21-23,37H,5-6,19-20H2,1-4H3. The number of nitrogens with one attached hydrogen (secondary N) is 1. The van der Waals surface area contributed by atoms with E-state index < -0.39 is 5.60 Å². The number of carbonyl (C=O) groups is 2. The smallest absolute Gasteiger partial charge is 0.340 e. The molecule has 4 aromatic carbocycles. The first-order valence-electron chi connectivity index (χ1n) is 14.9. The quantitative estimate of drug-likeness (QED) is 0.202. The average Bonchev–Trinajstić information content (AvgIpc) is 3.31. The van der Waals surface area contributed by atoms with Crippen molar-refractivity contribution in [2.24, 2.45) is 5.92 Å². The Morgan fingerprint density at radius 2 is 1.65 bits per heavy atom. The van der Waals surface area contributed by atoms with E-state index in [4.69, 9.17) is 14.2 Å². The molecule has 7 nitrogen and oxygen atoms in total. The molecule has 2 heterocycles. The molecule has 220 valence electrons. The Hall–Kier alpha value is -4.78. The van der Waals surface area contributed by atoms with Crippen LogP contribution in [0.4, 0.5) is 17.1 Å². The molecule has 0 radical (unpaired) electrons. The Bertz CT molecular complexity index is 1690. The maximum absolute atomic E-state index is 13.3. The van der Waals surface area contributed by atoms with Crippen LogP contribution in [0.2, 0.25) is 0 Å². The number of hydrogen-bond acceptors (Lipinski definition) is 7. The molecule has 0 saturated heterocycles. The fourth-order valence-electron chi connectivity index (χ4n) is 5.92. The highest BCUT2D eigenvalue weighted by atomic mass is 16.6. The van der Waals surface area contributed by atoms with Crippen molar-refractivity contribution in [3.05, 3.63) is 113 Å². The summed E-state index contributed by atoms with van der Waals surface area (Å²) in [5, 5.41) is 3.40. The number of para-hydroxylation sites is 1. The zero-order valence-corrected chi connectivity index (χ0v) is 25.0. The predicted octanol–water partition coefficient (Wildman–Crippen LogP) is 8.05. The Labute approximate surface area is 252 Å². The lowest BCUT2D eigenvalue weighted by atomic mass is 9.77. The molecule has 1 spiro atoms. The lowest BCUT2D eigenvalue weighted by molar-refractivity contribution is 0.0224. The first-order valence-corrected chi connectivity index (χ1v) is 14.9. The molecule has 0 saturated carbocycles. The first-order chi connectivity index (χ1) is 20.8. The van der Waals surface area contributed by atoms with Gasteiger partial charge < -0.3 is 24.4 Å². The molecule has 4 aromatic rings. The molecule has 7 heteroatoms. The number of anilines is 3. The number of benzene rings is 4. The van der Waals surface area contributed by atoms with Gasteiger partial charge in [0.05, 0.1) is 23.4 Å². The number of esters is 2. The molecule has 1 atom stereocenters. The van der Waals surface area contributed by atoms with Crippen LogP contribution >= 0.6 is 0 Å². The average molecular weight is 577 g/mol. The first kappa shape index (κ1) is 28.3. The van der Waals surface area contributed by atoms with Gasteiger partial charge in [0.25, 0.3) is 0 Å². The van der Waals surface area contributed by atoms with Crippen LogP contribution in [0.1, 0.15) is 71.5 Å². The van der Waals surface area contributed by atoms with Crippen molar-refractivity contribution in [3.63, 3.8) is 0 Å². The lowest BCUT2D eigenvalue weighted by Gasteiger charge is -2.37. The second-order valence-electron chi connectivity index (χ2n) is 11.3. The molecule has 0 aliphatic carbocycles. The van der Waals surface area contributed by atoms with Crippen molar-refractivity contribution in [3.8, 4) is 11.5 Å². The molecule has 0 aromatic heterocycles. The van der Waals surface area contributed by atoms with Crippen LogP contribution in [0, 0.1) is 5.92 Å². The molecule has 0 fully saturated rings. The third-order valence-electron chi connectivity index (χ3n) is 8.18. The summed E-state index contributed by atoms with van der Waals surface area (Å²) >= 11 is 0. The van der Waals surface area contributed by atoms with Gasteiger partial charge in [-0.3, -0.25) is 0 Å². The number of nitrogens with zero attached hydrogens (tertiary/aromatic N) is 1. The van der Waals surface area contributed by atoms with Gasteiger partial charge in [-0.15, -0.1) is 0 Å². The monoisotopic (exact) mass is 576 g/mol. The number of fused-ring (bicyclic) bond motifs is 6. The van der Waals surface area contributed by atoms with Crippen LogP contribution in [0.5, 0.6) is 11.5 Å². The Kier molecular flexibility index (Phi) is 7.57. The third kappa shape index (κ3) is 4.99. The van der Waals surface area contributed by atoms with E-state index in [0.29, 0.717) is 52.1 Å². The second kappa shape index (κ2) is 11.5. The Morgan fingerprint density at radius 3 is 2.44 bits per heavy atom. The van der Waals surface area contributed by atoms with Gasteiger partial charge in [0, 0.05) is 47.2 Å². The molecule has 6 rings (SSSR count). The van der Waals surface area contributed by atoms with Crippen molar-refractivity contribution in [1.29, 1.82) is 0 Å². The zero-order chi connectivity index (χ0) is 30.1. The highest BCUT2D eigenvalue weighted by molar-refractivity contribution is 5.98. The van der Waals surface area contributed by atoms with Crippen molar-refractivity contribution in [2.75, 3.05) is 29.9 Å². The van der Waals surface area contributed by atoms with Crippen molar-refractivity contribution < 1.29 is 23.8 Å². The van der Waals surface area contributed by atoms with Crippen LogP contribution in [-0.2, 0) is 15.1 Å². The van der Waals surface area contributed by atoms with E-state index in [0.717, 1.165) is 36.3 Å². The topological polar surface area (TPSA) is 77.1 Å². The maximum Gasteiger partial charge on any atom is 0.340 e. The minimum atomic E-state index is -1.19. The van der Waals surface area contributed by atoms with Gasteiger partial charge in [0.2, 0.25) is 0 Å². The summed E-state index contributed by atoms with van der Waals surface area (Å²) in [4.78, 5) is 28.5. The van der Waals surface area contributed by atoms with Gasteiger partial charge in [-0.05, 0) is 74.7 Å². The normalized spacial score (nSPS) is 16.2. The molecular formula is C36H36N2O5. The summed E-state index contributed by atoms with van der Waals surface area (Å²) in [5.74, 6) is 0.931. The van der Waals surface area contributed by atoms with E-state index in [-0.39, 0.29) is 11.9 Å². The van der Waals surface area contributed by atoms with Gasteiger partial charge >= 0.3 is 11.9 Å². The van der Waals surface area contributed by atoms with E-state index in [1.54, 1.807) is 12.1 Å². The molecular weight excluding hydrogens is 540 g/mol. The van der Waals surface area contributed by atoms with Crippen LogP contribution < -0.4 is 15.0 Å². The van der Waals surface area contributed by atoms with Crippen LogP contribution in [0.3, 0.4) is 0 Å². The van der Waals surface area contributed by atoms with Gasteiger partial charge in [-0.2, -0.15) is 0 Å². The van der Waals surface area contributed by atoms with E-state index in [1.165, 1.54) is 0 Å². The van der Waals surface area contributed by atoms with E-state index in [2.05, 4.69) is 44.0 Å². The summed E-state index contributed by atoms with van der Waals surface area (Å²) < 4.78 is 18.4. The predicted molar refractivity (Wildman–Crippen MR) is 168 cm³/mol. The van der Waals surface area contributed by atoms with E-state index in [9.17, 15) is 9.59 Å². The van der Waals surface area contributed by atoms with Crippen molar-refractivity contribution in [2.45, 2.75) is 39.7 Å². The molecule has 43 heavy (non-hydrogen) atoms. The summed E-state index contributed by atoms with van der Waals surface area (Å²) in [6, 6.07) is 26.6. The summed E-state index contributed by atoms with van der Waals surface area (Å²) in [6.45, 7) is 10.5. The number of carbonyl (C=O) groups excluding carboxylic acids is 2. The Balaban J connectivity index is 1.43. The van der Waals surface area contributed by atoms with E-state index >= 15 is 0 Å². The molecule has 2 aliphatic heterocycles. The Morgan fingerprint density at radius 1 is 0.884 bits per heavy atom. The highest BCUT2D eigenvalue weighted by Crippen LogP contribution is 2.57. The largest absolute Gasteiger partial charge is 0.462 e. The maximum atomic E-state index is 13.3. The SMILES string of the molecule is CCN(CC)c1ccc2c(c1)Oc1ccc(Nc3ccccc3C(=O)OCCC(C)C)cc1C21OC(=O)c2ccccc21. The van der Waals surface area contributed by atoms with Crippen LogP contribution in [0.15, 0.2) is 84.9 Å². The second-order valence-corrected chi connectivity index (χ2v) is 11.3. The van der Waals surface area contributed by atoms with Crippen molar-refractivity contribution in [1.82, 2.24) is 0 Å². The van der Waals surface area contributed by atoms with Crippen molar-refractivity contribution >= 4 is 29.0 Å². The molecule has 0 bridgehead atoms. The third-order valence-corrected chi connectivity index (χ3v) is 8.18. The molecule has 2 aliphatic rings. The van der Waals surface area contributed by atoms with Gasteiger partial charge in [0.15, 0.2) is 5.60 Å². The van der Waals surface area contributed by atoms with Crippen LogP contribution in [0.25, 0.3) is 0 Å². The van der Waals surface area contributed by atoms with Crippen LogP contribution in [-0.4, -0.2) is 31.6 Å². The lowest BCUT2D eigenvalue weighted by Crippen LogP contribution is -2.33. The number of ether oxygens (including phenoxy) is 3. The summed E-state index contributed by atoms with van der Waals surface area (Å²) in [5.41, 5.74) is 4.40. The molecule has 0 amide bonds. The van der Waals surface area contributed by atoms with E-state index in [1.807, 2.05) is 66.7 Å². The highest BCUT2D eigenvalue weighted by Gasteiger charge is 2.53. The number of hydrogen-bond donors (Lipinski definition) is 1.